The molecule has 2 rings (SSSR count). The van der Waals surface area contributed by atoms with Crippen LogP contribution in [0.2, 0.25) is 5.02 Å². The third-order valence-corrected chi connectivity index (χ3v) is 3.86. The van der Waals surface area contributed by atoms with Gasteiger partial charge in [0.25, 0.3) is 0 Å². The van der Waals surface area contributed by atoms with Crippen LogP contribution in [-0.2, 0) is 11.2 Å². The van der Waals surface area contributed by atoms with Crippen molar-refractivity contribution in [3.63, 3.8) is 0 Å². The molecule has 0 heterocycles. The number of hydrogen-bond acceptors (Lipinski definition) is 2. The molecule has 98 valence electrons. The number of hydrogen-bond donors (Lipinski definition) is 1. The van der Waals surface area contributed by atoms with Crippen LogP contribution in [0.1, 0.15) is 18.4 Å². The van der Waals surface area contributed by atoms with Crippen molar-refractivity contribution in [2.24, 2.45) is 5.41 Å². The molecule has 0 saturated heterocycles. The number of aliphatic hydroxyl groups excluding tert-OH is 1. The van der Waals surface area contributed by atoms with Gasteiger partial charge >= 0.3 is 0 Å². The Balaban J connectivity index is 1.86. The lowest BCUT2D eigenvalue weighted by molar-refractivity contribution is -0.137. The first-order valence-corrected chi connectivity index (χ1v) is 6.56. The van der Waals surface area contributed by atoms with Crippen LogP contribution in [0, 0.1) is 5.41 Å². The standard InChI is InChI=1S/C14H18ClNO2/c1-16(13(18)14(10-17)7-8-14)9-6-11-2-4-12(15)5-3-11/h2-5,17H,6-10H2,1H3. The van der Waals surface area contributed by atoms with Crippen LogP contribution in [-0.4, -0.2) is 36.1 Å². The maximum atomic E-state index is 12.1. The number of likely N-dealkylation sites (N-methyl/N-ethyl adjacent to an activating group) is 1. The molecule has 1 fully saturated rings. The Hall–Kier alpha value is -1.06. The first kappa shape index (κ1) is 13.4. The van der Waals surface area contributed by atoms with Crippen LogP contribution < -0.4 is 0 Å². The molecule has 0 aromatic heterocycles. The summed E-state index contributed by atoms with van der Waals surface area (Å²) in [6.45, 7) is 0.638. The van der Waals surface area contributed by atoms with E-state index < -0.39 is 5.41 Å². The summed E-state index contributed by atoms with van der Waals surface area (Å²) < 4.78 is 0. The highest BCUT2D eigenvalue weighted by Gasteiger charge is 2.50. The van der Waals surface area contributed by atoms with E-state index in [1.165, 1.54) is 0 Å². The molecule has 1 amide bonds. The van der Waals surface area contributed by atoms with E-state index in [0.29, 0.717) is 6.54 Å². The Kier molecular flexibility index (Phi) is 3.93. The maximum Gasteiger partial charge on any atom is 0.230 e. The molecule has 0 unspecified atom stereocenters. The molecule has 18 heavy (non-hydrogen) atoms. The van der Waals surface area contributed by atoms with Gasteiger partial charge in [0.05, 0.1) is 12.0 Å². The van der Waals surface area contributed by atoms with E-state index in [2.05, 4.69) is 0 Å². The summed E-state index contributed by atoms with van der Waals surface area (Å²) in [6.07, 6.45) is 2.43. The summed E-state index contributed by atoms with van der Waals surface area (Å²) in [5.74, 6) is 0.0685. The molecule has 1 aromatic rings. The molecule has 0 spiro atoms. The summed E-state index contributed by atoms with van der Waals surface area (Å²) in [5, 5.41) is 9.95. The zero-order valence-corrected chi connectivity index (χ0v) is 11.3. The van der Waals surface area contributed by atoms with Crippen LogP contribution in [0.5, 0.6) is 0 Å². The van der Waals surface area contributed by atoms with Gasteiger partial charge in [-0.05, 0) is 37.0 Å². The quantitative estimate of drug-likeness (QED) is 0.888. The first-order chi connectivity index (χ1) is 8.57. The van der Waals surface area contributed by atoms with Crippen LogP contribution >= 0.6 is 11.6 Å². The van der Waals surface area contributed by atoms with E-state index in [1.54, 1.807) is 11.9 Å². The van der Waals surface area contributed by atoms with Gasteiger partial charge in [-0.15, -0.1) is 0 Å². The van der Waals surface area contributed by atoms with Gasteiger partial charge in [0.2, 0.25) is 5.91 Å². The first-order valence-electron chi connectivity index (χ1n) is 6.18. The van der Waals surface area contributed by atoms with Gasteiger partial charge in [-0.25, -0.2) is 0 Å². The van der Waals surface area contributed by atoms with Crippen molar-refractivity contribution in [1.29, 1.82) is 0 Å². The van der Waals surface area contributed by atoms with Crippen molar-refractivity contribution in [3.8, 4) is 0 Å². The van der Waals surface area contributed by atoms with Gasteiger partial charge in [-0.1, -0.05) is 23.7 Å². The highest BCUT2D eigenvalue weighted by Crippen LogP contribution is 2.46. The summed E-state index contributed by atoms with van der Waals surface area (Å²) in [5.41, 5.74) is 0.697. The molecule has 1 aliphatic carbocycles. The van der Waals surface area contributed by atoms with Crippen molar-refractivity contribution in [2.75, 3.05) is 20.2 Å². The van der Waals surface area contributed by atoms with E-state index in [0.717, 1.165) is 29.8 Å². The average molecular weight is 268 g/mol. The Morgan fingerprint density at radius 3 is 2.50 bits per heavy atom. The monoisotopic (exact) mass is 267 g/mol. The second-order valence-electron chi connectivity index (χ2n) is 5.04. The van der Waals surface area contributed by atoms with Gasteiger partial charge in [0.15, 0.2) is 0 Å². The lowest BCUT2D eigenvalue weighted by Crippen LogP contribution is -2.37. The largest absolute Gasteiger partial charge is 0.395 e. The molecular formula is C14H18ClNO2. The van der Waals surface area contributed by atoms with E-state index in [4.69, 9.17) is 11.6 Å². The zero-order valence-electron chi connectivity index (χ0n) is 10.5. The van der Waals surface area contributed by atoms with Crippen molar-refractivity contribution in [2.45, 2.75) is 19.3 Å². The highest BCUT2D eigenvalue weighted by molar-refractivity contribution is 6.30. The molecule has 3 nitrogen and oxygen atoms in total. The van der Waals surface area contributed by atoms with Crippen LogP contribution in [0.3, 0.4) is 0 Å². The Bertz CT molecular complexity index is 426. The summed E-state index contributed by atoms with van der Waals surface area (Å²) in [6, 6.07) is 7.66. The molecule has 1 aromatic carbocycles. The number of aliphatic hydroxyl groups is 1. The van der Waals surface area contributed by atoms with E-state index in [1.807, 2.05) is 24.3 Å². The van der Waals surface area contributed by atoms with E-state index in [-0.39, 0.29) is 12.5 Å². The number of halogens is 1. The van der Waals surface area contributed by atoms with Gasteiger partial charge < -0.3 is 10.0 Å². The predicted octanol–water partition coefficient (Wildman–Crippen LogP) is 2.11. The van der Waals surface area contributed by atoms with Crippen LogP contribution in [0.25, 0.3) is 0 Å². The third-order valence-electron chi connectivity index (χ3n) is 3.61. The number of nitrogens with zero attached hydrogens (tertiary/aromatic N) is 1. The lowest BCUT2D eigenvalue weighted by atomic mass is 10.1. The summed E-state index contributed by atoms with van der Waals surface area (Å²) in [7, 11) is 1.80. The Morgan fingerprint density at radius 2 is 2.00 bits per heavy atom. The molecule has 1 saturated carbocycles. The highest BCUT2D eigenvalue weighted by atomic mass is 35.5. The molecule has 0 bridgehead atoms. The van der Waals surface area contributed by atoms with Crippen molar-refractivity contribution in [1.82, 2.24) is 4.90 Å². The smallest absolute Gasteiger partial charge is 0.230 e. The van der Waals surface area contributed by atoms with Crippen molar-refractivity contribution in [3.05, 3.63) is 34.9 Å². The molecule has 1 N–H and O–H groups in total. The topological polar surface area (TPSA) is 40.5 Å². The zero-order chi connectivity index (χ0) is 13.2. The SMILES string of the molecule is CN(CCc1ccc(Cl)cc1)C(=O)C1(CO)CC1. The van der Waals surface area contributed by atoms with E-state index in [9.17, 15) is 9.90 Å². The number of carbonyl (C=O) groups is 1. The fourth-order valence-corrected chi connectivity index (χ4v) is 2.17. The van der Waals surface area contributed by atoms with Gasteiger partial charge in [-0.2, -0.15) is 0 Å². The average Bonchev–Trinajstić information content (AvgIpc) is 3.18. The van der Waals surface area contributed by atoms with Gasteiger partial charge in [0.1, 0.15) is 0 Å². The van der Waals surface area contributed by atoms with Crippen LogP contribution in [0.15, 0.2) is 24.3 Å². The number of carbonyl (C=O) groups excluding carboxylic acids is 1. The van der Waals surface area contributed by atoms with Crippen molar-refractivity contribution >= 4 is 17.5 Å². The number of rotatable bonds is 5. The fourth-order valence-electron chi connectivity index (χ4n) is 2.04. The molecule has 0 atom stereocenters. The second-order valence-corrected chi connectivity index (χ2v) is 5.48. The Morgan fingerprint density at radius 1 is 1.39 bits per heavy atom. The molecular weight excluding hydrogens is 250 g/mol. The maximum absolute atomic E-state index is 12.1. The minimum absolute atomic E-state index is 0.0306. The van der Waals surface area contributed by atoms with E-state index >= 15 is 0 Å². The second kappa shape index (κ2) is 5.29. The van der Waals surface area contributed by atoms with Crippen molar-refractivity contribution < 1.29 is 9.90 Å². The normalized spacial score (nSPS) is 16.4. The third kappa shape index (κ3) is 2.85. The molecule has 0 radical (unpaired) electrons. The summed E-state index contributed by atoms with van der Waals surface area (Å²) in [4.78, 5) is 13.8. The number of amides is 1. The molecule has 4 heteroatoms. The molecule has 1 aliphatic rings. The van der Waals surface area contributed by atoms with Crippen LogP contribution in [0.4, 0.5) is 0 Å². The minimum Gasteiger partial charge on any atom is -0.395 e. The Labute approximate surface area is 112 Å². The van der Waals surface area contributed by atoms with Gasteiger partial charge in [0, 0.05) is 18.6 Å². The minimum atomic E-state index is -0.464. The molecule has 0 aliphatic heterocycles. The summed E-state index contributed by atoms with van der Waals surface area (Å²) >= 11 is 5.82. The fraction of sp³-hybridized carbons (Fsp3) is 0.500. The lowest BCUT2D eigenvalue weighted by Gasteiger charge is -2.22. The number of benzene rings is 1. The van der Waals surface area contributed by atoms with Gasteiger partial charge in [-0.3, -0.25) is 4.79 Å². The predicted molar refractivity (Wildman–Crippen MR) is 71.5 cm³/mol.